The van der Waals surface area contributed by atoms with Crippen molar-refractivity contribution in [1.29, 1.82) is 0 Å². The highest BCUT2D eigenvalue weighted by Gasteiger charge is 2.12. The van der Waals surface area contributed by atoms with Gasteiger partial charge in [0.1, 0.15) is 0 Å². The van der Waals surface area contributed by atoms with Gasteiger partial charge in [0.05, 0.1) is 12.6 Å². The van der Waals surface area contributed by atoms with Gasteiger partial charge in [0.2, 0.25) is 0 Å². The van der Waals surface area contributed by atoms with E-state index < -0.39 is 0 Å². The number of nitrogens with one attached hydrogen (secondary N) is 1. The second-order valence-corrected chi connectivity index (χ2v) is 4.92. The molecule has 102 valence electrons. The zero-order valence-corrected chi connectivity index (χ0v) is 12.2. The Morgan fingerprint density at radius 3 is 2.33 bits per heavy atom. The molecule has 2 nitrogen and oxygen atoms in total. The van der Waals surface area contributed by atoms with Gasteiger partial charge < -0.3 is 10.1 Å². The number of aryl methyl sites for hydroxylation is 1. The summed E-state index contributed by atoms with van der Waals surface area (Å²) in [6.45, 7) is 8.23. The first kappa shape index (κ1) is 15.2. The molecule has 0 amide bonds. The molecular formula is C16H27NO. The third-order valence-corrected chi connectivity index (χ3v) is 3.71. The number of ether oxygens (including phenoxy) is 1. The summed E-state index contributed by atoms with van der Waals surface area (Å²) in [5.74, 6) is 0.694. The minimum absolute atomic E-state index is 0.292. The second kappa shape index (κ2) is 8.28. The van der Waals surface area contributed by atoms with Gasteiger partial charge in [0.25, 0.3) is 0 Å². The molecule has 0 aliphatic heterocycles. The molecule has 1 unspecified atom stereocenters. The summed E-state index contributed by atoms with van der Waals surface area (Å²) in [5.41, 5.74) is 2.66. The molecule has 18 heavy (non-hydrogen) atoms. The molecule has 0 spiro atoms. The van der Waals surface area contributed by atoms with Crippen LogP contribution in [0.15, 0.2) is 24.3 Å². The number of rotatable bonds is 8. The Morgan fingerprint density at radius 1 is 1.11 bits per heavy atom. The van der Waals surface area contributed by atoms with Crippen LogP contribution in [0.4, 0.5) is 0 Å². The van der Waals surface area contributed by atoms with Crippen LogP contribution >= 0.6 is 0 Å². The van der Waals surface area contributed by atoms with Gasteiger partial charge in [0.15, 0.2) is 0 Å². The summed E-state index contributed by atoms with van der Waals surface area (Å²) in [5, 5.41) is 3.34. The number of hydrogen-bond donors (Lipinski definition) is 1. The van der Waals surface area contributed by atoms with Crippen LogP contribution in [0.2, 0.25) is 0 Å². The van der Waals surface area contributed by atoms with Crippen molar-refractivity contribution in [2.75, 3.05) is 20.3 Å². The SMILES string of the molecule is CCC(CC)COCC(NC)c1ccccc1C. The summed E-state index contributed by atoms with van der Waals surface area (Å²) in [6, 6.07) is 8.79. The summed E-state index contributed by atoms with van der Waals surface area (Å²) in [6.07, 6.45) is 2.40. The average molecular weight is 249 g/mol. The standard InChI is InChI=1S/C16H27NO/c1-5-14(6-2)11-18-12-16(17-4)15-10-8-7-9-13(15)3/h7-10,14,16-17H,5-6,11-12H2,1-4H3. The van der Waals surface area contributed by atoms with Crippen molar-refractivity contribution in [1.82, 2.24) is 5.32 Å². The van der Waals surface area contributed by atoms with Crippen LogP contribution in [0.1, 0.15) is 43.9 Å². The predicted octanol–water partition coefficient (Wildman–Crippen LogP) is 3.71. The van der Waals surface area contributed by atoms with Crippen LogP contribution < -0.4 is 5.32 Å². The Labute approximate surface area is 112 Å². The second-order valence-electron chi connectivity index (χ2n) is 4.92. The van der Waals surface area contributed by atoms with Crippen LogP contribution in [0.25, 0.3) is 0 Å². The highest BCUT2D eigenvalue weighted by molar-refractivity contribution is 5.28. The Morgan fingerprint density at radius 2 is 1.78 bits per heavy atom. The van der Waals surface area contributed by atoms with E-state index in [4.69, 9.17) is 4.74 Å². The monoisotopic (exact) mass is 249 g/mol. The summed E-state index contributed by atoms with van der Waals surface area (Å²) >= 11 is 0. The highest BCUT2D eigenvalue weighted by Crippen LogP contribution is 2.18. The molecule has 2 heteroatoms. The van der Waals surface area contributed by atoms with Gasteiger partial charge in [0, 0.05) is 6.61 Å². The van der Waals surface area contributed by atoms with Gasteiger partial charge >= 0.3 is 0 Å². The van der Waals surface area contributed by atoms with E-state index in [1.165, 1.54) is 24.0 Å². The molecule has 1 aromatic carbocycles. The summed E-state index contributed by atoms with van der Waals surface area (Å²) in [4.78, 5) is 0. The van der Waals surface area contributed by atoms with Crippen molar-refractivity contribution in [3.05, 3.63) is 35.4 Å². The quantitative estimate of drug-likeness (QED) is 0.758. The van der Waals surface area contributed by atoms with Gasteiger partial charge in [-0.2, -0.15) is 0 Å². The third kappa shape index (κ3) is 4.43. The topological polar surface area (TPSA) is 21.3 Å². The van der Waals surface area contributed by atoms with Crippen molar-refractivity contribution in [2.24, 2.45) is 5.92 Å². The fourth-order valence-corrected chi connectivity index (χ4v) is 2.18. The van der Waals surface area contributed by atoms with E-state index >= 15 is 0 Å². The van der Waals surface area contributed by atoms with Crippen molar-refractivity contribution in [3.63, 3.8) is 0 Å². The lowest BCUT2D eigenvalue weighted by Gasteiger charge is -2.20. The first-order chi connectivity index (χ1) is 8.72. The zero-order valence-electron chi connectivity index (χ0n) is 12.2. The van der Waals surface area contributed by atoms with E-state index in [-0.39, 0.29) is 0 Å². The summed E-state index contributed by atoms with van der Waals surface area (Å²) in [7, 11) is 2.00. The van der Waals surface area contributed by atoms with E-state index in [2.05, 4.69) is 50.4 Å². The maximum Gasteiger partial charge on any atom is 0.0661 e. The Hall–Kier alpha value is -0.860. The fraction of sp³-hybridized carbons (Fsp3) is 0.625. The Bertz CT molecular complexity index is 334. The van der Waals surface area contributed by atoms with Gasteiger partial charge in [-0.3, -0.25) is 0 Å². The van der Waals surface area contributed by atoms with E-state index in [0.29, 0.717) is 12.0 Å². The lowest BCUT2D eigenvalue weighted by atomic mass is 10.0. The van der Waals surface area contributed by atoms with Crippen LogP contribution in [0.5, 0.6) is 0 Å². The zero-order chi connectivity index (χ0) is 13.4. The van der Waals surface area contributed by atoms with Crippen molar-refractivity contribution >= 4 is 0 Å². The largest absolute Gasteiger partial charge is 0.379 e. The first-order valence-electron chi connectivity index (χ1n) is 7.03. The highest BCUT2D eigenvalue weighted by atomic mass is 16.5. The third-order valence-electron chi connectivity index (χ3n) is 3.71. The predicted molar refractivity (Wildman–Crippen MR) is 77.9 cm³/mol. The normalized spacial score (nSPS) is 12.9. The molecule has 0 aliphatic carbocycles. The molecule has 0 aromatic heterocycles. The van der Waals surface area contributed by atoms with Crippen LogP contribution in [0.3, 0.4) is 0 Å². The molecule has 0 radical (unpaired) electrons. The van der Waals surface area contributed by atoms with Gasteiger partial charge in [-0.25, -0.2) is 0 Å². The maximum atomic E-state index is 5.88. The molecule has 1 N–H and O–H groups in total. The number of likely N-dealkylation sites (N-methyl/N-ethyl adjacent to an activating group) is 1. The van der Waals surface area contributed by atoms with Crippen LogP contribution in [0, 0.1) is 12.8 Å². The van der Waals surface area contributed by atoms with E-state index in [0.717, 1.165) is 13.2 Å². The molecule has 0 aliphatic rings. The van der Waals surface area contributed by atoms with E-state index in [9.17, 15) is 0 Å². The maximum absolute atomic E-state index is 5.88. The lowest BCUT2D eigenvalue weighted by Crippen LogP contribution is -2.24. The van der Waals surface area contributed by atoms with Crippen molar-refractivity contribution in [3.8, 4) is 0 Å². The summed E-state index contributed by atoms with van der Waals surface area (Å²) < 4.78 is 5.88. The molecule has 0 saturated carbocycles. The average Bonchev–Trinajstić information content (AvgIpc) is 2.40. The molecular weight excluding hydrogens is 222 g/mol. The van der Waals surface area contributed by atoms with Crippen LogP contribution in [-0.2, 0) is 4.74 Å². The molecule has 1 rings (SSSR count). The fourth-order valence-electron chi connectivity index (χ4n) is 2.18. The Balaban J connectivity index is 2.50. The van der Waals surface area contributed by atoms with Gasteiger partial charge in [-0.15, -0.1) is 0 Å². The molecule has 1 aromatic rings. The number of benzene rings is 1. The molecule has 0 fully saturated rings. The van der Waals surface area contributed by atoms with E-state index in [1.54, 1.807) is 0 Å². The first-order valence-corrected chi connectivity index (χ1v) is 7.03. The van der Waals surface area contributed by atoms with Gasteiger partial charge in [-0.05, 0) is 31.0 Å². The molecule has 1 atom stereocenters. The lowest BCUT2D eigenvalue weighted by molar-refractivity contribution is 0.0801. The molecule has 0 saturated heterocycles. The smallest absolute Gasteiger partial charge is 0.0661 e. The molecule has 0 heterocycles. The van der Waals surface area contributed by atoms with Crippen molar-refractivity contribution in [2.45, 2.75) is 39.7 Å². The Kier molecular flexibility index (Phi) is 6.99. The van der Waals surface area contributed by atoms with Crippen molar-refractivity contribution < 1.29 is 4.74 Å². The van der Waals surface area contributed by atoms with Crippen LogP contribution in [-0.4, -0.2) is 20.3 Å². The minimum atomic E-state index is 0.292. The minimum Gasteiger partial charge on any atom is -0.379 e. The number of hydrogen-bond acceptors (Lipinski definition) is 2. The van der Waals surface area contributed by atoms with Gasteiger partial charge in [-0.1, -0.05) is 51.0 Å². The molecule has 0 bridgehead atoms. The van der Waals surface area contributed by atoms with E-state index in [1.807, 2.05) is 7.05 Å².